The summed E-state index contributed by atoms with van der Waals surface area (Å²) >= 11 is 6.07. The molecule has 6 nitrogen and oxygen atoms in total. The molecule has 0 spiro atoms. The van der Waals surface area contributed by atoms with E-state index in [2.05, 4.69) is 10.6 Å². The average molecular weight is 403 g/mol. The number of fused-ring (bicyclic) bond motifs is 1. The fourth-order valence-electron chi connectivity index (χ4n) is 2.89. The van der Waals surface area contributed by atoms with Gasteiger partial charge in [0.05, 0.1) is 17.1 Å². The maximum atomic E-state index is 12.7. The first-order valence-corrected chi connectivity index (χ1v) is 9.55. The van der Waals surface area contributed by atoms with Gasteiger partial charge in [0.15, 0.2) is 11.5 Å². The molecule has 2 N–H and O–H groups in total. The SMILES string of the molecule is CC(C)[C@H](NC(=O)c1ccccc1Cl)C(=O)NCC1COc2ccccc2O1. The van der Waals surface area contributed by atoms with Gasteiger partial charge in [-0.05, 0) is 30.2 Å². The van der Waals surface area contributed by atoms with Gasteiger partial charge in [0.25, 0.3) is 5.91 Å². The van der Waals surface area contributed by atoms with Crippen LogP contribution in [0.1, 0.15) is 24.2 Å². The van der Waals surface area contributed by atoms with Crippen LogP contribution in [0.25, 0.3) is 0 Å². The zero-order valence-electron chi connectivity index (χ0n) is 15.8. The number of nitrogens with one attached hydrogen (secondary N) is 2. The monoisotopic (exact) mass is 402 g/mol. The summed E-state index contributed by atoms with van der Waals surface area (Å²) in [6, 6.07) is 13.4. The van der Waals surface area contributed by atoms with Crippen molar-refractivity contribution in [2.75, 3.05) is 13.2 Å². The molecule has 2 aromatic carbocycles. The normalized spacial score (nSPS) is 16.4. The smallest absolute Gasteiger partial charge is 0.253 e. The van der Waals surface area contributed by atoms with Crippen molar-refractivity contribution in [2.45, 2.75) is 26.0 Å². The Bertz CT molecular complexity index is 856. The van der Waals surface area contributed by atoms with Crippen LogP contribution in [0, 0.1) is 5.92 Å². The van der Waals surface area contributed by atoms with Crippen LogP contribution in [0.3, 0.4) is 0 Å². The molecule has 2 amide bonds. The van der Waals surface area contributed by atoms with Gasteiger partial charge in [-0.1, -0.05) is 49.7 Å². The maximum Gasteiger partial charge on any atom is 0.253 e. The zero-order valence-corrected chi connectivity index (χ0v) is 16.5. The van der Waals surface area contributed by atoms with Crippen LogP contribution >= 0.6 is 11.6 Å². The van der Waals surface area contributed by atoms with Crippen molar-refractivity contribution < 1.29 is 19.1 Å². The van der Waals surface area contributed by atoms with Crippen LogP contribution in [0.4, 0.5) is 0 Å². The molecule has 1 aliphatic heterocycles. The van der Waals surface area contributed by atoms with E-state index in [4.69, 9.17) is 21.1 Å². The molecule has 0 bridgehead atoms. The van der Waals surface area contributed by atoms with Crippen LogP contribution in [0.2, 0.25) is 5.02 Å². The van der Waals surface area contributed by atoms with E-state index in [1.807, 2.05) is 38.1 Å². The second kappa shape index (κ2) is 8.97. The Hall–Kier alpha value is -2.73. The molecule has 0 fully saturated rings. The van der Waals surface area contributed by atoms with E-state index in [0.717, 1.165) is 0 Å². The minimum absolute atomic E-state index is 0.101. The number of amides is 2. The number of benzene rings is 2. The third-order valence-corrected chi connectivity index (χ3v) is 4.76. The minimum Gasteiger partial charge on any atom is -0.486 e. The molecule has 0 saturated carbocycles. The van der Waals surface area contributed by atoms with E-state index >= 15 is 0 Å². The molecule has 1 aliphatic rings. The summed E-state index contributed by atoms with van der Waals surface area (Å²) in [5.41, 5.74) is 0.336. The Kier molecular flexibility index (Phi) is 6.41. The van der Waals surface area contributed by atoms with Gasteiger partial charge >= 0.3 is 0 Å². The van der Waals surface area contributed by atoms with Crippen LogP contribution in [-0.2, 0) is 4.79 Å². The van der Waals surface area contributed by atoms with Crippen molar-refractivity contribution in [3.8, 4) is 11.5 Å². The van der Waals surface area contributed by atoms with Crippen LogP contribution in [-0.4, -0.2) is 37.1 Å². The van der Waals surface area contributed by atoms with Crippen molar-refractivity contribution in [2.24, 2.45) is 5.92 Å². The lowest BCUT2D eigenvalue weighted by Crippen LogP contribution is -2.52. The molecular weight excluding hydrogens is 380 g/mol. The fraction of sp³-hybridized carbons (Fsp3) is 0.333. The van der Waals surface area contributed by atoms with Gasteiger partial charge in [-0.15, -0.1) is 0 Å². The Balaban J connectivity index is 1.58. The van der Waals surface area contributed by atoms with E-state index in [1.165, 1.54) is 0 Å². The molecule has 1 unspecified atom stereocenters. The van der Waals surface area contributed by atoms with Gasteiger partial charge < -0.3 is 20.1 Å². The van der Waals surface area contributed by atoms with Gasteiger partial charge in [0.1, 0.15) is 18.8 Å². The highest BCUT2D eigenvalue weighted by Crippen LogP contribution is 2.30. The summed E-state index contributed by atoms with van der Waals surface area (Å²) in [4.78, 5) is 25.2. The number of para-hydroxylation sites is 2. The third-order valence-electron chi connectivity index (χ3n) is 4.43. The number of carbonyl (C=O) groups is 2. The predicted octanol–water partition coefficient (Wildman–Crippen LogP) is 3.05. The van der Waals surface area contributed by atoms with E-state index in [-0.39, 0.29) is 30.4 Å². The van der Waals surface area contributed by atoms with Gasteiger partial charge in [-0.2, -0.15) is 0 Å². The molecule has 148 valence electrons. The Morgan fingerprint density at radius 3 is 2.50 bits per heavy atom. The number of carbonyl (C=O) groups excluding carboxylic acids is 2. The van der Waals surface area contributed by atoms with Gasteiger partial charge in [0.2, 0.25) is 5.91 Å². The van der Waals surface area contributed by atoms with Gasteiger partial charge in [0, 0.05) is 0 Å². The number of hydrogen-bond acceptors (Lipinski definition) is 4. The molecular formula is C21H23ClN2O4. The lowest BCUT2D eigenvalue weighted by molar-refractivity contribution is -0.124. The lowest BCUT2D eigenvalue weighted by Gasteiger charge is -2.28. The highest BCUT2D eigenvalue weighted by molar-refractivity contribution is 6.33. The van der Waals surface area contributed by atoms with Crippen molar-refractivity contribution in [3.63, 3.8) is 0 Å². The number of rotatable bonds is 6. The Morgan fingerprint density at radius 2 is 1.79 bits per heavy atom. The molecule has 2 atom stereocenters. The van der Waals surface area contributed by atoms with E-state index in [1.54, 1.807) is 24.3 Å². The first-order valence-electron chi connectivity index (χ1n) is 9.17. The molecule has 2 aromatic rings. The van der Waals surface area contributed by atoms with Crippen LogP contribution in [0.5, 0.6) is 11.5 Å². The molecule has 0 saturated heterocycles. The summed E-state index contributed by atoms with van der Waals surface area (Å²) < 4.78 is 11.5. The topological polar surface area (TPSA) is 76.7 Å². The first-order chi connectivity index (χ1) is 13.5. The van der Waals surface area contributed by atoms with Crippen LogP contribution in [0.15, 0.2) is 48.5 Å². The van der Waals surface area contributed by atoms with Crippen molar-refractivity contribution in [1.82, 2.24) is 10.6 Å². The molecule has 28 heavy (non-hydrogen) atoms. The van der Waals surface area contributed by atoms with Crippen molar-refractivity contribution in [3.05, 3.63) is 59.1 Å². The predicted molar refractivity (Wildman–Crippen MR) is 107 cm³/mol. The third kappa shape index (κ3) is 4.75. The van der Waals surface area contributed by atoms with Gasteiger partial charge in [-0.25, -0.2) is 0 Å². The lowest BCUT2D eigenvalue weighted by atomic mass is 10.0. The summed E-state index contributed by atoms with van der Waals surface area (Å²) in [6.45, 7) is 4.36. The van der Waals surface area contributed by atoms with Crippen molar-refractivity contribution in [1.29, 1.82) is 0 Å². The Morgan fingerprint density at radius 1 is 1.11 bits per heavy atom. The van der Waals surface area contributed by atoms with Crippen LogP contribution < -0.4 is 20.1 Å². The van der Waals surface area contributed by atoms with E-state index in [9.17, 15) is 9.59 Å². The molecule has 7 heteroatoms. The first kappa shape index (κ1) is 20.0. The fourth-order valence-corrected chi connectivity index (χ4v) is 3.11. The highest BCUT2D eigenvalue weighted by Gasteiger charge is 2.27. The summed E-state index contributed by atoms with van der Waals surface area (Å²) in [7, 11) is 0. The Labute approximate surface area is 169 Å². The van der Waals surface area contributed by atoms with Crippen molar-refractivity contribution >= 4 is 23.4 Å². The highest BCUT2D eigenvalue weighted by atomic mass is 35.5. The average Bonchev–Trinajstić information content (AvgIpc) is 2.70. The second-order valence-corrected chi connectivity index (χ2v) is 7.32. The zero-order chi connectivity index (χ0) is 20.1. The quantitative estimate of drug-likeness (QED) is 0.778. The number of hydrogen-bond donors (Lipinski definition) is 2. The molecule has 0 aliphatic carbocycles. The molecule has 1 heterocycles. The largest absolute Gasteiger partial charge is 0.486 e. The van der Waals surface area contributed by atoms with E-state index in [0.29, 0.717) is 28.7 Å². The standard InChI is InChI=1S/C21H23ClN2O4/c1-13(2)19(24-20(25)15-7-3-4-8-16(15)22)21(26)23-11-14-12-27-17-9-5-6-10-18(17)28-14/h3-10,13-14,19H,11-12H2,1-2H3,(H,23,26)(H,24,25)/t14?,19-/m0/s1. The molecule has 0 aromatic heterocycles. The van der Waals surface area contributed by atoms with Gasteiger partial charge in [-0.3, -0.25) is 9.59 Å². The second-order valence-electron chi connectivity index (χ2n) is 6.92. The summed E-state index contributed by atoms with van der Waals surface area (Å²) in [5.74, 6) is 0.580. The number of ether oxygens (including phenoxy) is 2. The van der Waals surface area contributed by atoms with E-state index < -0.39 is 6.04 Å². The summed E-state index contributed by atoms with van der Waals surface area (Å²) in [6.07, 6.45) is -0.300. The maximum absolute atomic E-state index is 12.7. The minimum atomic E-state index is -0.694. The number of halogens is 1. The summed E-state index contributed by atoms with van der Waals surface area (Å²) in [5, 5.41) is 5.96. The molecule has 0 radical (unpaired) electrons. The molecule has 3 rings (SSSR count).